The molecule has 27 heavy (non-hydrogen) atoms. The van der Waals surface area contributed by atoms with Gasteiger partial charge < -0.3 is 14.8 Å². The van der Waals surface area contributed by atoms with Crippen LogP contribution >= 0.6 is 0 Å². The average Bonchev–Trinajstić information content (AvgIpc) is 3.10. The molecule has 0 saturated carbocycles. The summed E-state index contributed by atoms with van der Waals surface area (Å²) in [5.41, 5.74) is 1.78. The smallest absolute Gasteiger partial charge is 0.226 e. The molecule has 3 aromatic rings. The van der Waals surface area contributed by atoms with Crippen LogP contribution in [0.4, 0.5) is 10.2 Å². The van der Waals surface area contributed by atoms with E-state index in [1.165, 1.54) is 6.07 Å². The number of halogens is 1. The van der Waals surface area contributed by atoms with Crippen LogP contribution < -0.4 is 14.8 Å². The van der Waals surface area contributed by atoms with E-state index in [2.05, 4.69) is 10.3 Å². The summed E-state index contributed by atoms with van der Waals surface area (Å²) in [6, 6.07) is 11.8. The first-order chi connectivity index (χ1) is 13.1. The number of carbonyl (C=O) groups excluding carboxylic acids is 1. The highest BCUT2D eigenvalue weighted by atomic mass is 19.1. The molecule has 1 atom stereocenters. The van der Waals surface area contributed by atoms with Gasteiger partial charge in [0.05, 0.1) is 25.6 Å². The van der Waals surface area contributed by atoms with Crippen molar-refractivity contribution in [2.75, 3.05) is 19.5 Å². The maximum Gasteiger partial charge on any atom is 0.226 e. The molecule has 0 spiro atoms. The predicted octanol–water partition coefficient (Wildman–Crippen LogP) is 3.50. The molecule has 1 N–H and O–H groups in total. The van der Waals surface area contributed by atoms with Gasteiger partial charge in [0.2, 0.25) is 5.91 Å². The summed E-state index contributed by atoms with van der Waals surface area (Å²) in [6.07, 6.45) is 1.75. The SMILES string of the molecule is COc1ccc(-n2cnc3c2NC(=O)CC3c2ccccc2F)c(OC)c1. The molecule has 4 rings (SSSR count). The zero-order valence-corrected chi connectivity index (χ0v) is 14.9. The molecule has 2 aromatic carbocycles. The van der Waals surface area contributed by atoms with Crippen molar-refractivity contribution >= 4 is 11.7 Å². The molecule has 138 valence electrons. The summed E-state index contributed by atoms with van der Waals surface area (Å²) in [5, 5.41) is 2.86. The van der Waals surface area contributed by atoms with Crippen LogP contribution in [0.15, 0.2) is 48.8 Å². The second kappa shape index (κ2) is 6.75. The van der Waals surface area contributed by atoms with Gasteiger partial charge in [-0.1, -0.05) is 18.2 Å². The topological polar surface area (TPSA) is 65.4 Å². The molecular weight excluding hydrogens is 349 g/mol. The Morgan fingerprint density at radius 3 is 2.74 bits per heavy atom. The molecule has 1 aromatic heterocycles. The van der Waals surface area contributed by atoms with Crippen molar-refractivity contribution in [2.24, 2.45) is 0 Å². The number of methoxy groups -OCH3 is 2. The zero-order valence-electron chi connectivity index (χ0n) is 14.9. The maximum atomic E-state index is 14.3. The van der Waals surface area contributed by atoms with Crippen molar-refractivity contribution in [2.45, 2.75) is 12.3 Å². The zero-order chi connectivity index (χ0) is 19.0. The molecule has 1 aliphatic heterocycles. The molecule has 0 radical (unpaired) electrons. The lowest BCUT2D eigenvalue weighted by Gasteiger charge is -2.24. The molecule has 7 heteroatoms. The monoisotopic (exact) mass is 367 g/mol. The van der Waals surface area contributed by atoms with E-state index >= 15 is 0 Å². The van der Waals surface area contributed by atoms with Crippen molar-refractivity contribution in [3.05, 3.63) is 65.9 Å². The van der Waals surface area contributed by atoms with Gasteiger partial charge in [0, 0.05) is 18.4 Å². The number of nitrogens with one attached hydrogen (secondary N) is 1. The molecule has 1 aliphatic rings. The lowest BCUT2D eigenvalue weighted by atomic mass is 9.89. The first-order valence-electron chi connectivity index (χ1n) is 8.46. The van der Waals surface area contributed by atoms with E-state index in [1.54, 1.807) is 55.4 Å². The third-order valence-corrected chi connectivity index (χ3v) is 4.70. The Balaban J connectivity index is 1.84. The largest absolute Gasteiger partial charge is 0.497 e. The summed E-state index contributed by atoms with van der Waals surface area (Å²) in [5.74, 6) is 0.753. The van der Waals surface area contributed by atoms with Crippen LogP contribution in [0.2, 0.25) is 0 Å². The summed E-state index contributed by atoms with van der Waals surface area (Å²) in [7, 11) is 3.13. The number of hydrogen-bond donors (Lipinski definition) is 1. The van der Waals surface area contributed by atoms with Crippen molar-refractivity contribution in [3.63, 3.8) is 0 Å². The van der Waals surface area contributed by atoms with Crippen molar-refractivity contribution in [3.8, 4) is 17.2 Å². The Hall–Kier alpha value is -3.35. The lowest BCUT2D eigenvalue weighted by Crippen LogP contribution is -2.25. The summed E-state index contributed by atoms with van der Waals surface area (Å²) in [6.45, 7) is 0. The van der Waals surface area contributed by atoms with Gasteiger partial charge in [0.15, 0.2) is 0 Å². The molecule has 0 saturated heterocycles. The fourth-order valence-electron chi connectivity index (χ4n) is 3.39. The number of aromatic nitrogens is 2. The number of fused-ring (bicyclic) bond motifs is 1. The fraction of sp³-hybridized carbons (Fsp3) is 0.200. The summed E-state index contributed by atoms with van der Waals surface area (Å²) < 4.78 is 26.8. The van der Waals surface area contributed by atoms with Gasteiger partial charge in [0.25, 0.3) is 0 Å². The Kier molecular flexibility index (Phi) is 4.27. The minimum absolute atomic E-state index is 0.144. The van der Waals surface area contributed by atoms with E-state index in [0.717, 1.165) is 0 Å². The minimum atomic E-state index is -0.444. The first kappa shape index (κ1) is 17.1. The third kappa shape index (κ3) is 2.91. The number of benzene rings is 2. The van der Waals surface area contributed by atoms with Crippen LogP contribution in [-0.2, 0) is 4.79 Å². The van der Waals surface area contributed by atoms with E-state index in [9.17, 15) is 9.18 Å². The van der Waals surface area contributed by atoms with Crippen LogP contribution in [0, 0.1) is 5.82 Å². The van der Waals surface area contributed by atoms with E-state index in [-0.39, 0.29) is 18.1 Å². The number of amides is 1. The Morgan fingerprint density at radius 1 is 1.19 bits per heavy atom. The second-order valence-corrected chi connectivity index (χ2v) is 6.21. The van der Waals surface area contributed by atoms with Crippen LogP contribution in [0.3, 0.4) is 0 Å². The number of imidazole rings is 1. The number of hydrogen-bond acceptors (Lipinski definition) is 4. The third-order valence-electron chi connectivity index (χ3n) is 4.70. The number of nitrogens with zero attached hydrogens (tertiary/aromatic N) is 2. The highest BCUT2D eigenvalue weighted by Gasteiger charge is 2.32. The Bertz CT molecular complexity index is 1020. The van der Waals surface area contributed by atoms with Crippen molar-refractivity contribution in [1.82, 2.24) is 9.55 Å². The number of rotatable bonds is 4. The Morgan fingerprint density at radius 2 is 2.00 bits per heavy atom. The van der Waals surface area contributed by atoms with Gasteiger partial charge in [-0.25, -0.2) is 9.37 Å². The van der Waals surface area contributed by atoms with Crippen molar-refractivity contribution in [1.29, 1.82) is 0 Å². The van der Waals surface area contributed by atoms with Gasteiger partial charge in [-0.15, -0.1) is 0 Å². The van der Waals surface area contributed by atoms with E-state index < -0.39 is 5.92 Å². The van der Waals surface area contributed by atoms with Gasteiger partial charge in [0.1, 0.15) is 29.5 Å². The highest BCUT2D eigenvalue weighted by molar-refractivity contribution is 5.94. The maximum absolute atomic E-state index is 14.3. The van der Waals surface area contributed by atoms with E-state index in [0.29, 0.717) is 34.3 Å². The van der Waals surface area contributed by atoms with Crippen LogP contribution in [0.5, 0.6) is 11.5 Å². The van der Waals surface area contributed by atoms with Crippen LogP contribution in [-0.4, -0.2) is 29.7 Å². The number of carbonyl (C=O) groups is 1. The van der Waals surface area contributed by atoms with E-state index in [1.807, 2.05) is 6.07 Å². The molecule has 6 nitrogen and oxygen atoms in total. The van der Waals surface area contributed by atoms with Gasteiger partial charge in [-0.05, 0) is 23.8 Å². The second-order valence-electron chi connectivity index (χ2n) is 6.21. The molecule has 1 unspecified atom stereocenters. The standard InChI is InChI=1S/C20H18FN3O3/c1-26-12-7-8-16(17(9-12)27-2)24-11-22-19-14(10-18(25)23-20(19)24)13-5-3-4-6-15(13)21/h3-9,11,14H,10H2,1-2H3,(H,23,25). The van der Waals surface area contributed by atoms with Crippen molar-refractivity contribution < 1.29 is 18.7 Å². The first-order valence-corrected chi connectivity index (χ1v) is 8.46. The highest BCUT2D eigenvalue weighted by Crippen LogP contribution is 2.39. The normalized spacial score (nSPS) is 15.8. The quantitative estimate of drug-likeness (QED) is 0.766. The number of anilines is 1. The van der Waals surface area contributed by atoms with Gasteiger partial charge in [-0.3, -0.25) is 9.36 Å². The fourth-order valence-corrected chi connectivity index (χ4v) is 3.39. The molecule has 2 heterocycles. The molecule has 0 aliphatic carbocycles. The molecular formula is C20H18FN3O3. The predicted molar refractivity (Wildman–Crippen MR) is 98.2 cm³/mol. The molecule has 0 bridgehead atoms. The lowest BCUT2D eigenvalue weighted by molar-refractivity contribution is -0.116. The molecule has 1 amide bonds. The molecule has 0 fully saturated rings. The van der Waals surface area contributed by atoms with Gasteiger partial charge >= 0.3 is 0 Å². The summed E-state index contributed by atoms with van der Waals surface area (Å²) in [4.78, 5) is 16.8. The minimum Gasteiger partial charge on any atom is -0.497 e. The summed E-state index contributed by atoms with van der Waals surface area (Å²) >= 11 is 0. The van der Waals surface area contributed by atoms with Crippen LogP contribution in [0.25, 0.3) is 5.69 Å². The van der Waals surface area contributed by atoms with Gasteiger partial charge in [-0.2, -0.15) is 0 Å². The van der Waals surface area contributed by atoms with E-state index in [4.69, 9.17) is 9.47 Å². The van der Waals surface area contributed by atoms with Crippen LogP contribution in [0.1, 0.15) is 23.6 Å². The average molecular weight is 367 g/mol. The Labute approximate surface area is 155 Å². The number of ether oxygens (including phenoxy) is 2.